The van der Waals surface area contributed by atoms with Gasteiger partial charge in [0.05, 0.1) is 5.69 Å². The molecule has 0 bridgehead atoms. The van der Waals surface area contributed by atoms with E-state index in [0.717, 1.165) is 0 Å². The molecule has 1 aliphatic rings. The zero-order valence-electron chi connectivity index (χ0n) is 13.8. The topological polar surface area (TPSA) is 12.9 Å². The summed E-state index contributed by atoms with van der Waals surface area (Å²) in [5.41, 5.74) is 6.70. The van der Waals surface area contributed by atoms with Gasteiger partial charge in [-0.25, -0.2) is 0 Å². The molecule has 2 aromatic rings. The van der Waals surface area contributed by atoms with Gasteiger partial charge >= 0.3 is 0 Å². The number of fused-ring (bicyclic) bond motifs is 1. The first-order chi connectivity index (χ1) is 9.83. The predicted octanol–water partition coefficient (Wildman–Crippen LogP) is -0.311. The molecule has 5 heteroatoms. The number of aryl methyl sites for hydroxylation is 1. The van der Waals surface area contributed by atoms with E-state index in [0.29, 0.717) is 0 Å². The number of hydrogen-bond donors (Lipinski definition) is 0. The second kappa shape index (κ2) is 4.83. The molecule has 0 unspecified atom stereocenters. The minimum Gasteiger partial charge on any atom is -0.256 e. The minimum atomic E-state index is 0.191. The van der Waals surface area contributed by atoms with Gasteiger partial charge in [0, 0.05) is 11.8 Å². The number of pyridine rings is 1. The van der Waals surface area contributed by atoms with Crippen LogP contribution in [0.1, 0.15) is 29.5 Å². The van der Waals surface area contributed by atoms with E-state index in [2.05, 4.69) is 68.6 Å². The summed E-state index contributed by atoms with van der Waals surface area (Å²) in [5, 5.41) is 0.432. The Hall–Kier alpha value is -1.37. The monoisotopic (exact) mass is 271 g/mol. The summed E-state index contributed by atoms with van der Waals surface area (Å²) >= 11 is 0. The molecule has 1 aliphatic carbocycles. The van der Waals surface area contributed by atoms with Gasteiger partial charge in [0.25, 0.3) is 0 Å². The molecule has 0 aliphatic heterocycles. The van der Waals surface area contributed by atoms with Crippen LogP contribution in [0, 0.1) is 6.92 Å². The van der Waals surface area contributed by atoms with E-state index in [1.165, 1.54) is 40.8 Å². The van der Waals surface area contributed by atoms with Crippen LogP contribution in [-0.4, -0.2) is 36.4 Å². The maximum Gasteiger partial charge on any atom is 0.105 e. The summed E-state index contributed by atoms with van der Waals surface area (Å²) in [4.78, 5) is 4.78. The van der Waals surface area contributed by atoms with Crippen molar-refractivity contribution in [2.75, 3.05) is 0 Å². The van der Waals surface area contributed by atoms with Crippen LogP contribution >= 0.6 is 0 Å². The van der Waals surface area contributed by atoms with Crippen LogP contribution in [0.25, 0.3) is 11.3 Å². The molecule has 1 aromatic heterocycles. The highest BCUT2D eigenvalue weighted by atomic mass is 14.7. The molecule has 102 valence electrons. The number of rotatable bonds is 1. The van der Waals surface area contributed by atoms with Crippen molar-refractivity contribution < 1.29 is 0 Å². The Balaban J connectivity index is 2.33. The summed E-state index contributed by atoms with van der Waals surface area (Å²) in [6.07, 6.45) is 4.45. The van der Waals surface area contributed by atoms with Gasteiger partial charge in [-0.1, -0.05) is 53.1 Å². The lowest BCUT2D eigenvalue weighted by atomic mass is 9.37. The molecule has 0 N–H and O–H groups in total. The molecule has 1 aromatic carbocycles. The molecule has 0 fully saturated rings. The third-order valence-corrected chi connectivity index (χ3v) is 5.13. The first-order valence-corrected chi connectivity index (χ1v) is 7.89. The van der Waals surface area contributed by atoms with Gasteiger partial charge in [-0.2, -0.15) is 0 Å². The zero-order chi connectivity index (χ0) is 15.3. The van der Waals surface area contributed by atoms with E-state index in [4.69, 9.17) is 4.98 Å². The third-order valence-electron chi connectivity index (χ3n) is 5.13. The van der Waals surface area contributed by atoms with Gasteiger partial charge in [0.15, 0.2) is 0 Å². The SMILES string of the molecule is BC1(B)CCC(B)(B)c2c1ccnc2-c1ccccc1C. The molecule has 0 amide bonds. The normalized spacial score (nSPS) is 18.9. The molecular formula is C16H21B4N. The molecule has 1 nitrogen and oxygen atoms in total. The lowest BCUT2D eigenvalue weighted by molar-refractivity contribution is 0.573. The summed E-state index contributed by atoms with van der Waals surface area (Å²) in [6.45, 7) is 2.18. The van der Waals surface area contributed by atoms with Crippen molar-refractivity contribution >= 4 is 31.4 Å². The van der Waals surface area contributed by atoms with Gasteiger partial charge in [-0.15, -0.1) is 0 Å². The van der Waals surface area contributed by atoms with Crippen molar-refractivity contribution in [2.24, 2.45) is 0 Å². The highest BCUT2D eigenvalue weighted by Gasteiger charge is 2.38. The predicted molar refractivity (Wildman–Crippen MR) is 101 cm³/mol. The van der Waals surface area contributed by atoms with Gasteiger partial charge < -0.3 is 0 Å². The number of benzene rings is 1. The average Bonchev–Trinajstić information content (AvgIpc) is 2.44. The van der Waals surface area contributed by atoms with E-state index < -0.39 is 0 Å². The zero-order valence-corrected chi connectivity index (χ0v) is 13.8. The summed E-state index contributed by atoms with van der Waals surface area (Å²) in [7, 11) is 9.46. The van der Waals surface area contributed by atoms with E-state index in [-0.39, 0.29) is 10.4 Å². The number of nitrogens with zero attached hydrogens (tertiary/aromatic N) is 1. The van der Waals surface area contributed by atoms with Crippen LogP contribution in [-0.2, 0) is 10.4 Å². The van der Waals surface area contributed by atoms with E-state index >= 15 is 0 Å². The minimum absolute atomic E-state index is 0.191. The van der Waals surface area contributed by atoms with Crippen molar-refractivity contribution in [1.29, 1.82) is 0 Å². The first kappa shape index (κ1) is 14.6. The fourth-order valence-electron chi connectivity index (χ4n) is 3.64. The summed E-state index contributed by atoms with van der Waals surface area (Å²) in [6, 6.07) is 10.8. The average molecular weight is 271 g/mol. The lowest BCUT2D eigenvalue weighted by Crippen LogP contribution is -2.42. The van der Waals surface area contributed by atoms with Crippen LogP contribution in [0.2, 0.25) is 0 Å². The Morgan fingerprint density at radius 3 is 2.33 bits per heavy atom. The standard InChI is InChI=1S/C16H21B4N/c1-10-4-2-3-5-11(10)14-13-12(6-9-21-14)15(17,18)7-8-16(13,19)20/h2-6,9H,7-8,17-20H2,1H3. The molecule has 0 spiro atoms. The van der Waals surface area contributed by atoms with Crippen LogP contribution in [0.4, 0.5) is 0 Å². The number of hydrogen-bond acceptors (Lipinski definition) is 1. The molecule has 0 radical (unpaired) electrons. The molecule has 1 heterocycles. The highest BCUT2D eigenvalue weighted by Crippen LogP contribution is 2.44. The Bertz CT molecular complexity index is 694. The fraction of sp³-hybridized carbons (Fsp3) is 0.312. The Kier molecular flexibility index (Phi) is 3.35. The number of aromatic nitrogens is 1. The smallest absolute Gasteiger partial charge is 0.105 e. The highest BCUT2D eigenvalue weighted by molar-refractivity contribution is 6.44. The van der Waals surface area contributed by atoms with Crippen molar-refractivity contribution in [1.82, 2.24) is 4.98 Å². The Morgan fingerprint density at radius 1 is 0.952 bits per heavy atom. The summed E-state index contributed by atoms with van der Waals surface area (Å²) in [5.74, 6) is 0. The maximum absolute atomic E-state index is 4.78. The van der Waals surface area contributed by atoms with Crippen molar-refractivity contribution in [2.45, 2.75) is 30.2 Å². The van der Waals surface area contributed by atoms with Gasteiger partial charge in [-0.3, -0.25) is 4.98 Å². The molecular weight excluding hydrogens is 249 g/mol. The van der Waals surface area contributed by atoms with Crippen molar-refractivity contribution in [3.8, 4) is 11.3 Å². The van der Waals surface area contributed by atoms with E-state index in [1.54, 1.807) is 0 Å². The molecule has 0 saturated heterocycles. The van der Waals surface area contributed by atoms with Gasteiger partial charge in [0.2, 0.25) is 0 Å². The fourth-order valence-corrected chi connectivity index (χ4v) is 3.64. The van der Waals surface area contributed by atoms with Gasteiger partial charge in [-0.05, 0) is 24.1 Å². The third kappa shape index (κ3) is 2.37. The van der Waals surface area contributed by atoms with E-state index in [9.17, 15) is 0 Å². The lowest BCUT2D eigenvalue weighted by Gasteiger charge is -2.43. The van der Waals surface area contributed by atoms with Crippen LogP contribution < -0.4 is 0 Å². The second-order valence-corrected chi connectivity index (χ2v) is 7.66. The summed E-state index contributed by atoms with van der Waals surface area (Å²) < 4.78 is 0. The molecule has 21 heavy (non-hydrogen) atoms. The Labute approximate surface area is 131 Å². The maximum atomic E-state index is 4.78. The Morgan fingerprint density at radius 2 is 1.62 bits per heavy atom. The van der Waals surface area contributed by atoms with Crippen LogP contribution in [0.15, 0.2) is 36.5 Å². The second-order valence-electron chi connectivity index (χ2n) is 7.66. The molecule has 0 saturated carbocycles. The van der Waals surface area contributed by atoms with E-state index in [1.807, 2.05) is 6.20 Å². The quantitative estimate of drug-likeness (QED) is 0.648. The first-order valence-electron chi connectivity index (χ1n) is 7.89. The van der Waals surface area contributed by atoms with Crippen LogP contribution in [0.3, 0.4) is 0 Å². The molecule has 3 rings (SSSR count). The van der Waals surface area contributed by atoms with Gasteiger partial charge in [0.1, 0.15) is 31.4 Å². The largest absolute Gasteiger partial charge is 0.256 e. The molecule has 0 atom stereocenters. The van der Waals surface area contributed by atoms with Crippen molar-refractivity contribution in [3.05, 3.63) is 53.2 Å². The van der Waals surface area contributed by atoms with Crippen molar-refractivity contribution in [3.63, 3.8) is 0 Å². The van der Waals surface area contributed by atoms with Crippen LogP contribution in [0.5, 0.6) is 0 Å².